The molecule has 0 aliphatic heterocycles. The van der Waals surface area contributed by atoms with Crippen LogP contribution in [0.2, 0.25) is 0 Å². The minimum absolute atomic E-state index is 0.486. The van der Waals surface area contributed by atoms with E-state index in [9.17, 15) is 0 Å². The number of hydrogen-bond acceptors (Lipinski definition) is 5. The molecule has 0 spiro atoms. The summed E-state index contributed by atoms with van der Waals surface area (Å²) < 4.78 is 10.3. The van der Waals surface area contributed by atoms with E-state index >= 15 is 0 Å². The summed E-state index contributed by atoms with van der Waals surface area (Å²) >= 11 is 0. The SMILES string of the molecule is COc1cccc(CNc2nc(C3CC3)no2)c1. The largest absolute Gasteiger partial charge is 0.497 e. The summed E-state index contributed by atoms with van der Waals surface area (Å²) in [5, 5.41) is 7.07. The van der Waals surface area contributed by atoms with Crippen LogP contribution in [0.4, 0.5) is 6.01 Å². The fourth-order valence-electron chi connectivity index (χ4n) is 1.77. The van der Waals surface area contributed by atoms with E-state index in [0.29, 0.717) is 18.5 Å². The van der Waals surface area contributed by atoms with E-state index < -0.39 is 0 Å². The Morgan fingerprint density at radius 1 is 1.44 bits per heavy atom. The molecule has 0 amide bonds. The van der Waals surface area contributed by atoms with E-state index in [0.717, 1.165) is 17.1 Å². The summed E-state index contributed by atoms with van der Waals surface area (Å²) in [6.07, 6.45) is 2.35. The summed E-state index contributed by atoms with van der Waals surface area (Å²) in [7, 11) is 1.66. The van der Waals surface area contributed by atoms with Gasteiger partial charge in [-0.05, 0) is 30.5 Å². The third-order valence-electron chi connectivity index (χ3n) is 2.96. The minimum Gasteiger partial charge on any atom is -0.497 e. The highest BCUT2D eigenvalue weighted by Crippen LogP contribution is 2.38. The fraction of sp³-hybridized carbons (Fsp3) is 0.385. The van der Waals surface area contributed by atoms with E-state index in [1.54, 1.807) is 7.11 Å². The molecule has 1 saturated carbocycles. The van der Waals surface area contributed by atoms with Crippen molar-refractivity contribution in [3.8, 4) is 5.75 Å². The molecule has 1 aromatic carbocycles. The summed E-state index contributed by atoms with van der Waals surface area (Å²) in [4.78, 5) is 4.31. The van der Waals surface area contributed by atoms with Gasteiger partial charge >= 0.3 is 6.01 Å². The van der Waals surface area contributed by atoms with Gasteiger partial charge in [-0.25, -0.2) is 0 Å². The number of nitrogens with zero attached hydrogens (tertiary/aromatic N) is 2. The zero-order valence-electron chi connectivity index (χ0n) is 10.2. The molecule has 0 bridgehead atoms. The topological polar surface area (TPSA) is 60.2 Å². The minimum atomic E-state index is 0.486. The van der Waals surface area contributed by atoms with Gasteiger partial charge in [0, 0.05) is 12.5 Å². The lowest BCUT2D eigenvalue weighted by Crippen LogP contribution is -2.00. The monoisotopic (exact) mass is 245 g/mol. The average Bonchev–Trinajstić information content (AvgIpc) is 3.16. The molecule has 1 fully saturated rings. The maximum absolute atomic E-state index is 5.17. The molecule has 1 heterocycles. The molecule has 1 aliphatic rings. The molecule has 0 saturated heterocycles. The Kier molecular flexibility index (Phi) is 2.88. The molecule has 0 unspecified atom stereocenters. The number of rotatable bonds is 5. The summed E-state index contributed by atoms with van der Waals surface area (Å²) in [5.41, 5.74) is 1.11. The first-order valence-electron chi connectivity index (χ1n) is 6.05. The van der Waals surface area contributed by atoms with Crippen LogP contribution in [0.5, 0.6) is 5.75 Å². The Hall–Kier alpha value is -2.04. The number of ether oxygens (including phenoxy) is 1. The summed E-state index contributed by atoms with van der Waals surface area (Å²) in [6.45, 7) is 0.642. The normalized spacial score (nSPS) is 14.5. The van der Waals surface area contributed by atoms with Crippen molar-refractivity contribution in [2.45, 2.75) is 25.3 Å². The Morgan fingerprint density at radius 2 is 2.33 bits per heavy atom. The third kappa shape index (κ3) is 2.45. The Morgan fingerprint density at radius 3 is 3.11 bits per heavy atom. The maximum Gasteiger partial charge on any atom is 0.321 e. The Bertz CT molecular complexity index is 535. The first-order valence-corrected chi connectivity index (χ1v) is 6.05. The highest BCUT2D eigenvalue weighted by atomic mass is 16.5. The number of aromatic nitrogens is 2. The lowest BCUT2D eigenvalue weighted by Gasteiger charge is -2.04. The standard InChI is InChI=1S/C13H15N3O2/c1-17-11-4-2-3-9(7-11)8-14-13-15-12(16-18-13)10-5-6-10/h2-4,7,10H,5-6,8H2,1H3,(H,14,15,16). The van der Waals surface area contributed by atoms with Gasteiger partial charge in [0.15, 0.2) is 5.82 Å². The first-order chi connectivity index (χ1) is 8.85. The van der Waals surface area contributed by atoms with Crippen molar-refractivity contribution in [1.82, 2.24) is 10.1 Å². The van der Waals surface area contributed by atoms with Crippen molar-refractivity contribution in [1.29, 1.82) is 0 Å². The van der Waals surface area contributed by atoms with Gasteiger partial charge in [-0.1, -0.05) is 17.3 Å². The first kappa shape index (κ1) is 11.1. The molecule has 3 rings (SSSR count). The molecule has 1 N–H and O–H groups in total. The van der Waals surface area contributed by atoms with Crippen molar-refractivity contribution < 1.29 is 9.26 Å². The zero-order valence-corrected chi connectivity index (χ0v) is 10.2. The zero-order chi connectivity index (χ0) is 12.4. The number of benzene rings is 1. The van der Waals surface area contributed by atoms with Crippen molar-refractivity contribution >= 4 is 6.01 Å². The van der Waals surface area contributed by atoms with Gasteiger partial charge in [-0.15, -0.1) is 0 Å². The van der Waals surface area contributed by atoms with Gasteiger partial charge < -0.3 is 14.6 Å². The number of anilines is 1. The molecular formula is C13H15N3O2. The highest BCUT2D eigenvalue weighted by Gasteiger charge is 2.28. The Labute approximate surface area is 105 Å². The van der Waals surface area contributed by atoms with Gasteiger partial charge in [0.1, 0.15) is 5.75 Å². The lowest BCUT2D eigenvalue weighted by atomic mass is 10.2. The predicted molar refractivity (Wildman–Crippen MR) is 66.6 cm³/mol. The lowest BCUT2D eigenvalue weighted by molar-refractivity contribution is 0.414. The number of hydrogen-bond donors (Lipinski definition) is 1. The number of nitrogens with one attached hydrogen (secondary N) is 1. The van der Waals surface area contributed by atoms with E-state index in [4.69, 9.17) is 9.26 Å². The molecule has 2 aromatic rings. The van der Waals surface area contributed by atoms with Gasteiger partial charge in [0.05, 0.1) is 7.11 Å². The van der Waals surface area contributed by atoms with E-state index in [1.165, 1.54) is 12.8 Å². The van der Waals surface area contributed by atoms with E-state index in [-0.39, 0.29) is 0 Å². The van der Waals surface area contributed by atoms with Crippen LogP contribution in [-0.4, -0.2) is 17.3 Å². The molecule has 5 nitrogen and oxygen atoms in total. The molecule has 0 radical (unpaired) electrons. The summed E-state index contributed by atoms with van der Waals surface area (Å²) in [6, 6.07) is 8.36. The third-order valence-corrected chi connectivity index (χ3v) is 2.96. The van der Waals surface area contributed by atoms with Gasteiger partial charge in [0.25, 0.3) is 0 Å². The molecule has 18 heavy (non-hydrogen) atoms. The van der Waals surface area contributed by atoms with E-state index in [2.05, 4.69) is 15.5 Å². The molecule has 1 aromatic heterocycles. The van der Waals surface area contributed by atoms with Crippen molar-refractivity contribution in [2.75, 3.05) is 12.4 Å². The number of methoxy groups -OCH3 is 1. The molecule has 0 atom stereocenters. The predicted octanol–water partition coefficient (Wildman–Crippen LogP) is 2.57. The van der Waals surface area contributed by atoms with Crippen LogP contribution >= 0.6 is 0 Å². The van der Waals surface area contributed by atoms with Crippen LogP contribution in [0, 0.1) is 0 Å². The Balaban J connectivity index is 1.61. The second kappa shape index (κ2) is 4.68. The molecule has 94 valence electrons. The second-order valence-electron chi connectivity index (χ2n) is 4.44. The smallest absolute Gasteiger partial charge is 0.321 e. The van der Waals surface area contributed by atoms with E-state index in [1.807, 2.05) is 24.3 Å². The molecule has 5 heteroatoms. The quantitative estimate of drug-likeness (QED) is 0.877. The van der Waals surface area contributed by atoms with Crippen LogP contribution in [0.25, 0.3) is 0 Å². The average molecular weight is 245 g/mol. The second-order valence-corrected chi connectivity index (χ2v) is 4.44. The molecular weight excluding hydrogens is 230 g/mol. The highest BCUT2D eigenvalue weighted by molar-refractivity contribution is 5.31. The maximum atomic E-state index is 5.17. The van der Waals surface area contributed by atoms with Crippen LogP contribution in [0.1, 0.15) is 30.1 Å². The van der Waals surface area contributed by atoms with Gasteiger partial charge in [0.2, 0.25) is 0 Å². The van der Waals surface area contributed by atoms with Crippen LogP contribution < -0.4 is 10.1 Å². The van der Waals surface area contributed by atoms with Crippen molar-refractivity contribution in [3.05, 3.63) is 35.7 Å². The fourth-order valence-corrected chi connectivity index (χ4v) is 1.77. The van der Waals surface area contributed by atoms with Gasteiger partial charge in [-0.2, -0.15) is 4.98 Å². The van der Waals surface area contributed by atoms with Crippen LogP contribution in [0.3, 0.4) is 0 Å². The van der Waals surface area contributed by atoms with Crippen LogP contribution in [-0.2, 0) is 6.54 Å². The van der Waals surface area contributed by atoms with Gasteiger partial charge in [-0.3, -0.25) is 0 Å². The molecule has 1 aliphatic carbocycles. The van der Waals surface area contributed by atoms with Crippen molar-refractivity contribution in [2.24, 2.45) is 0 Å². The van der Waals surface area contributed by atoms with Crippen LogP contribution in [0.15, 0.2) is 28.8 Å². The van der Waals surface area contributed by atoms with Crippen molar-refractivity contribution in [3.63, 3.8) is 0 Å². The summed E-state index contributed by atoms with van der Waals surface area (Å²) in [5.74, 6) is 2.18.